The summed E-state index contributed by atoms with van der Waals surface area (Å²) in [5.41, 5.74) is 4.28. The number of rotatable bonds is 2. The summed E-state index contributed by atoms with van der Waals surface area (Å²) in [4.78, 5) is 6.63. The van der Waals surface area contributed by atoms with Crippen LogP contribution in [-0.2, 0) is 5.88 Å². The maximum atomic E-state index is 6.07. The number of anilines is 2. The van der Waals surface area contributed by atoms with Gasteiger partial charge >= 0.3 is 0 Å². The van der Waals surface area contributed by atoms with E-state index in [0.717, 1.165) is 48.0 Å². The quantitative estimate of drug-likeness (QED) is 0.780. The number of alkyl halides is 1. The fourth-order valence-electron chi connectivity index (χ4n) is 2.51. The number of aryl methyl sites for hydroxylation is 1. The van der Waals surface area contributed by atoms with E-state index in [9.17, 15) is 0 Å². The van der Waals surface area contributed by atoms with Crippen molar-refractivity contribution in [3.63, 3.8) is 0 Å². The highest BCUT2D eigenvalue weighted by Gasteiger charge is 2.19. The minimum Gasteiger partial charge on any atom is -0.491 e. The minimum atomic E-state index is 0.460. The zero-order chi connectivity index (χ0) is 13.9. The van der Waals surface area contributed by atoms with Crippen molar-refractivity contribution in [2.75, 3.05) is 18.1 Å². The number of hydrogen-bond donors (Lipinski definition) is 0. The number of pyridine rings is 1. The van der Waals surface area contributed by atoms with E-state index in [4.69, 9.17) is 16.3 Å². The van der Waals surface area contributed by atoms with Crippen molar-refractivity contribution in [2.24, 2.45) is 0 Å². The Morgan fingerprint density at radius 2 is 2.15 bits per heavy atom. The zero-order valence-corrected chi connectivity index (χ0v) is 12.2. The summed E-state index contributed by atoms with van der Waals surface area (Å²) in [5, 5.41) is 0. The lowest BCUT2D eigenvalue weighted by Crippen LogP contribution is -2.19. The average Bonchev–Trinajstić information content (AvgIpc) is 2.69. The van der Waals surface area contributed by atoms with Crippen LogP contribution >= 0.6 is 11.6 Å². The maximum Gasteiger partial charge on any atom is 0.142 e. The molecule has 3 rings (SSSR count). The van der Waals surface area contributed by atoms with Gasteiger partial charge < -0.3 is 9.64 Å². The molecule has 4 heteroatoms. The molecule has 1 aromatic heterocycles. The lowest BCUT2D eigenvalue weighted by atomic mass is 10.1. The summed E-state index contributed by atoms with van der Waals surface area (Å²) in [6.07, 6.45) is 2.85. The first kappa shape index (κ1) is 13.3. The van der Waals surface area contributed by atoms with Crippen molar-refractivity contribution >= 4 is 23.0 Å². The van der Waals surface area contributed by atoms with Gasteiger partial charge in [0.15, 0.2) is 0 Å². The van der Waals surface area contributed by atoms with E-state index in [1.54, 1.807) is 0 Å². The van der Waals surface area contributed by atoms with Gasteiger partial charge in [0.2, 0.25) is 0 Å². The fourth-order valence-corrected chi connectivity index (χ4v) is 2.71. The van der Waals surface area contributed by atoms with E-state index in [2.05, 4.69) is 22.0 Å². The van der Waals surface area contributed by atoms with Crippen molar-refractivity contribution in [3.8, 4) is 5.75 Å². The fraction of sp³-hybridized carbons (Fsp3) is 0.312. The molecule has 0 atom stereocenters. The largest absolute Gasteiger partial charge is 0.491 e. The first-order valence-electron chi connectivity index (χ1n) is 6.80. The molecule has 2 aromatic rings. The zero-order valence-electron chi connectivity index (χ0n) is 11.5. The van der Waals surface area contributed by atoms with Gasteiger partial charge in [0, 0.05) is 29.7 Å². The van der Waals surface area contributed by atoms with E-state index in [0.29, 0.717) is 5.88 Å². The highest BCUT2D eigenvalue weighted by atomic mass is 35.5. The molecular formula is C16H17ClN2O. The van der Waals surface area contributed by atoms with Crippen molar-refractivity contribution in [1.29, 1.82) is 0 Å². The first-order chi connectivity index (χ1) is 9.79. The van der Waals surface area contributed by atoms with Gasteiger partial charge in [-0.2, -0.15) is 0 Å². The molecule has 1 aliphatic heterocycles. The predicted molar refractivity (Wildman–Crippen MR) is 82.1 cm³/mol. The molecule has 0 N–H and O–H groups in total. The van der Waals surface area contributed by atoms with Crippen LogP contribution in [0.15, 0.2) is 36.5 Å². The van der Waals surface area contributed by atoms with Gasteiger partial charge in [-0.1, -0.05) is 12.1 Å². The van der Waals surface area contributed by atoms with Crippen LogP contribution in [0.1, 0.15) is 17.7 Å². The Balaban J connectivity index is 2.12. The average molecular weight is 289 g/mol. The summed E-state index contributed by atoms with van der Waals surface area (Å²) in [7, 11) is 0. The Morgan fingerprint density at radius 1 is 1.30 bits per heavy atom. The van der Waals surface area contributed by atoms with Gasteiger partial charge in [-0.05, 0) is 31.5 Å². The number of para-hydroxylation sites is 2. The molecule has 0 saturated carbocycles. The second-order valence-electron chi connectivity index (χ2n) is 4.91. The summed E-state index contributed by atoms with van der Waals surface area (Å²) >= 11 is 6.07. The molecule has 20 heavy (non-hydrogen) atoms. The van der Waals surface area contributed by atoms with E-state index >= 15 is 0 Å². The number of aromatic nitrogens is 1. The molecule has 0 aliphatic carbocycles. The van der Waals surface area contributed by atoms with E-state index < -0.39 is 0 Å². The topological polar surface area (TPSA) is 25.4 Å². The second-order valence-corrected chi connectivity index (χ2v) is 5.18. The standard InChI is InChI=1S/C16H17ClN2O/c1-12-9-15(13(10-17)11-18-12)19-7-4-8-20-16-6-3-2-5-14(16)19/h2-3,5-6,9,11H,4,7-8,10H2,1H3. The van der Waals surface area contributed by atoms with Crippen molar-refractivity contribution in [1.82, 2.24) is 4.98 Å². The molecule has 104 valence electrons. The molecular weight excluding hydrogens is 272 g/mol. The van der Waals surface area contributed by atoms with Crippen molar-refractivity contribution in [3.05, 3.63) is 47.8 Å². The van der Waals surface area contributed by atoms with Crippen LogP contribution in [-0.4, -0.2) is 18.1 Å². The van der Waals surface area contributed by atoms with E-state index in [-0.39, 0.29) is 0 Å². The number of halogens is 1. The molecule has 0 bridgehead atoms. The summed E-state index contributed by atoms with van der Waals surface area (Å²) in [5.74, 6) is 1.39. The number of benzene rings is 1. The molecule has 2 heterocycles. The minimum absolute atomic E-state index is 0.460. The van der Waals surface area contributed by atoms with Crippen LogP contribution in [0.2, 0.25) is 0 Å². The summed E-state index contributed by atoms with van der Waals surface area (Å²) < 4.78 is 5.81. The molecule has 0 amide bonds. The Bertz CT molecular complexity index is 615. The Morgan fingerprint density at radius 3 is 3.00 bits per heavy atom. The molecule has 0 unspecified atom stereocenters. The van der Waals surface area contributed by atoms with Gasteiger partial charge in [-0.3, -0.25) is 4.98 Å². The first-order valence-corrected chi connectivity index (χ1v) is 7.34. The Hall–Kier alpha value is -1.74. The van der Waals surface area contributed by atoms with E-state index in [1.165, 1.54) is 0 Å². The molecule has 0 saturated heterocycles. The highest BCUT2D eigenvalue weighted by molar-refractivity contribution is 6.17. The Kier molecular flexibility index (Phi) is 3.79. The van der Waals surface area contributed by atoms with Gasteiger partial charge in [-0.15, -0.1) is 11.6 Å². The van der Waals surface area contributed by atoms with Crippen LogP contribution < -0.4 is 9.64 Å². The van der Waals surface area contributed by atoms with Crippen molar-refractivity contribution < 1.29 is 4.74 Å². The molecule has 3 nitrogen and oxygen atoms in total. The van der Waals surface area contributed by atoms with Crippen molar-refractivity contribution in [2.45, 2.75) is 19.2 Å². The normalized spacial score (nSPS) is 14.4. The second kappa shape index (κ2) is 5.71. The number of hydrogen-bond acceptors (Lipinski definition) is 3. The SMILES string of the molecule is Cc1cc(N2CCCOc3ccccc32)c(CCl)cn1. The van der Waals surface area contributed by atoms with Gasteiger partial charge in [-0.25, -0.2) is 0 Å². The third kappa shape index (κ3) is 2.46. The van der Waals surface area contributed by atoms with Crippen LogP contribution in [0.5, 0.6) is 5.75 Å². The molecule has 0 radical (unpaired) electrons. The third-order valence-corrected chi connectivity index (χ3v) is 3.76. The smallest absolute Gasteiger partial charge is 0.142 e. The van der Waals surface area contributed by atoms with Gasteiger partial charge in [0.05, 0.1) is 18.2 Å². The third-order valence-electron chi connectivity index (χ3n) is 3.47. The maximum absolute atomic E-state index is 6.07. The summed E-state index contributed by atoms with van der Waals surface area (Å²) in [6.45, 7) is 3.67. The Labute approximate surface area is 124 Å². The van der Waals surface area contributed by atoms with Crippen LogP contribution in [0.3, 0.4) is 0 Å². The van der Waals surface area contributed by atoms with Gasteiger partial charge in [0.25, 0.3) is 0 Å². The molecule has 0 fully saturated rings. The molecule has 1 aliphatic rings. The number of nitrogens with zero attached hydrogens (tertiary/aromatic N) is 2. The predicted octanol–water partition coefficient (Wildman–Crippen LogP) is 4.05. The highest BCUT2D eigenvalue weighted by Crippen LogP contribution is 2.37. The lowest BCUT2D eigenvalue weighted by molar-refractivity contribution is 0.322. The van der Waals surface area contributed by atoms with E-state index in [1.807, 2.05) is 31.3 Å². The lowest BCUT2D eigenvalue weighted by Gasteiger charge is -2.26. The van der Waals surface area contributed by atoms with Crippen LogP contribution in [0, 0.1) is 6.92 Å². The van der Waals surface area contributed by atoms with Gasteiger partial charge in [0.1, 0.15) is 5.75 Å². The van der Waals surface area contributed by atoms with Crippen LogP contribution in [0.25, 0.3) is 0 Å². The summed E-state index contributed by atoms with van der Waals surface area (Å²) in [6, 6.07) is 10.2. The number of ether oxygens (including phenoxy) is 1. The molecule has 0 spiro atoms. The number of fused-ring (bicyclic) bond motifs is 1. The van der Waals surface area contributed by atoms with Crippen LogP contribution in [0.4, 0.5) is 11.4 Å². The molecule has 1 aromatic carbocycles. The monoisotopic (exact) mass is 288 g/mol.